The minimum atomic E-state index is -0.844. The van der Waals surface area contributed by atoms with Crippen LogP contribution in [0.25, 0.3) is 0 Å². The van der Waals surface area contributed by atoms with Gasteiger partial charge in [0.1, 0.15) is 0 Å². The van der Waals surface area contributed by atoms with Crippen LogP contribution in [0.4, 0.5) is 0 Å². The maximum atomic E-state index is 12.4. The molecule has 2 saturated heterocycles. The molecule has 2 unspecified atom stereocenters. The number of hydrogen-bond donors (Lipinski definition) is 2. The van der Waals surface area contributed by atoms with E-state index in [1.165, 1.54) is 12.8 Å². The van der Waals surface area contributed by atoms with Crippen LogP contribution in [0, 0.1) is 5.92 Å². The van der Waals surface area contributed by atoms with E-state index in [4.69, 9.17) is 5.11 Å². The molecule has 2 heterocycles. The van der Waals surface area contributed by atoms with E-state index >= 15 is 0 Å². The number of nitrogens with zero attached hydrogens (tertiary/aromatic N) is 1. The van der Waals surface area contributed by atoms with Crippen LogP contribution >= 0.6 is 0 Å². The van der Waals surface area contributed by atoms with Gasteiger partial charge in [-0.3, -0.25) is 9.59 Å². The Balaban J connectivity index is 1.86. The molecule has 2 atom stereocenters. The van der Waals surface area contributed by atoms with Crippen molar-refractivity contribution in [1.82, 2.24) is 10.2 Å². The van der Waals surface area contributed by atoms with Gasteiger partial charge in [0, 0.05) is 31.1 Å². The summed E-state index contributed by atoms with van der Waals surface area (Å²) in [4.78, 5) is 24.8. The van der Waals surface area contributed by atoms with Crippen molar-refractivity contribution >= 4 is 11.9 Å². The number of aliphatic carboxylic acids is 1. The maximum absolute atomic E-state index is 12.4. The normalized spacial score (nSPS) is 28.6. The molecule has 114 valence electrons. The van der Waals surface area contributed by atoms with Crippen molar-refractivity contribution in [1.29, 1.82) is 0 Å². The lowest BCUT2D eigenvalue weighted by Crippen LogP contribution is -2.42. The van der Waals surface area contributed by atoms with Gasteiger partial charge in [0.25, 0.3) is 0 Å². The molecule has 20 heavy (non-hydrogen) atoms. The minimum absolute atomic E-state index is 0.0292. The van der Waals surface area contributed by atoms with E-state index in [0.717, 1.165) is 12.8 Å². The number of carbonyl (C=O) groups excluding carboxylic acids is 1. The highest BCUT2D eigenvalue weighted by atomic mass is 16.4. The Hall–Kier alpha value is -1.10. The van der Waals surface area contributed by atoms with Gasteiger partial charge >= 0.3 is 5.97 Å². The predicted octanol–water partition coefficient (Wildman–Crippen LogP) is 1.62. The van der Waals surface area contributed by atoms with Crippen LogP contribution in [-0.4, -0.2) is 46.6 Å². The van der Waals surface area contributed by atoms with E-state index in [2.05, 4.69) is 5.32 Å². The van der Waals surface area contributed by atoms with Crippen molar-refractivity contribution in [2.75, 3.05) is 6.54 Å². The van der Waals surface area contributed by atoms with Gasteiger partial charge in [-0.2, -0.15) is 0 Å². The number of carbonyl (C=O) groups is 2. The van der Waals surface area contributed by atoms with Crippen molar-refractivity contribution in [3.8, 4) is 0 Å². The summed E-state index contributed by atoms with van der Waals surface area (Å²) in [6.07, 6.45) is 5.26. The molecule has 2 fully saturated rings. The van der Waals surface area contributed by atoms with Crippen LogP contribution in [0.1, 0.15) is 52.4 Å². The summed E-state index contributed by atoms with van der Waals surface area (Å²) >= 11 is 0. The average Bonchev–Trinajstić information content (AvgIpc) is 2.68. The molecule has 1 amide bonds. The second kappa shape index (κ2) is 6.57. The summed E-state index contributed by atoms with van der Waals surface area (Å²) in [6.45, 7) is 4.22. The number of hydrogen-bond acceptors (Lipinski definition) is 3. The number of carboxylic acids is 1. The average molecular weight is 282 g/mol. The van der Waals surface area contributed by atoms with Gasteiger partial charge in [-0.1, -0.05) is 0 Å². The number of rotatable bonds is 6. The van der Waals surface area contributed by atoms with Gasteiger partial charge in [-0.15, -0.1) is 0 Å². The van der Waals surface area contributed by atoms with Crippen molar-refractivity contribution in [3.05, 3.63) is 0 Å². The monoisotopic (exact) mass is 282 g/mol. The third-order valence-electron chi connectivity index (χ3n) is 4.54. The molecule has 2 N–H and O–H groups in total. The van der Waals surface area contributed by atoms with E-state index in [0.29, 0.717) is 31.0 Å². The molecular weight excluding hydrogens is 256 g/mol. The smallest absolute Gasteiger partial charge is 0.305 e. The van der Waals surface area contributed by atoms with Gasteiger partial charge in [-0.05, 0) is 45.4 Å². The van der Waals surface area contributed by atoms with Crippen molar-refractivity contribution in [2.24, 2.45) is 5.92 Å². The van der Waals surface area contributed by atoms with Gasteiger partial charge in [0.05, 0.1) is 6.42 Å². The SMILES string of the molecule is CC(C)N(CCC(=O)O)C(=O)CC1CC2CCC(C1)N2. The lowest BCUT2D eigenvalue weighted by atomic mass is 9.89. The Morgan fingerprint density at radius 2 is 1.85 bits per heavy atom. The number of carboxylic acid groups (broad SMARTS) is 1. The maximum Gasteiger partial charge on any atom is 0.305 e. The second-order valence-corrected chi connectivity index (χ2v) is 6.50. The van der Waals surface area contributed by atoms with Gasteiger partial charge in [-0.25, -0.2) is 0 Å². The molecule has 0 aromatic rings. The molecule has 0 radical (unpaired) electrons. The Labute approximate surface area is 120 Å². The Kier molecular flexibility index (Phi) is 5.02. The van der Waals surface area contributed by atoms with E-state index in [1.807, 2.05) is 13.8 Å². The zero-order valence-electron chi connectivity index (χ0n) is 12.5. The quantitative estimate of drug-likeness (QED) is 0.776. The van der Waals surface area contributed by atoms with Crippen LogP contribution in [0.2, 0.25) is 0 Å². The third kappa shape index (κ3) is 3.95. The largest absolute Gasteiger partial charge is 0.481 e. The van der Waals surface area contributed by atoms with E-state index in [-0.39, 0.29) is 18.4 Å². The standard InChI is InChI=1S/C15H26N2O3/c1-10(2)17(6-5-15(19)20)14(18)9-11-7-12-3-4-13(8-11)16-12/h10-13,16H,3-9H2,1-2H3,(H,19,20). The highest BCUT2D eigenvalue weighted by Gasteiger charge is 2.35. The highest BCUT2D eigenvalue weighted by molar-refractivity contribution is 5.77. The molecule has 0 aromatic carbocycles. The molecule has 2 aliphatic heterocycles. The number of nitrogens with one attached hydrogen (secondary N) is 1. The lowest BCUT2D eigenvalue weighted by molar-refractivity contribution is -0.139. The fraction of sp³-hybridized carbons (Fsp3) is 0.867. The molecule has 2 bridgehead atoms. The van der Waals surface area contributed by atoms with E-state index < -0.39 is 5.97 Å². The molecule has 0 spiro atoms. The predicted molar refractivity (Wildman–Crippen MR) is 76.4 cm³/mol. The first-order valence-electron chi connectivity index (χ1n) is 7.73. The molecule has 5 heteroatoms. The van der Waals surface area contributed by atoms with Crippen LogP contribution in [0.5, 0.6) is 0 Å². The van der Waals surface area contributed by atoms with Crippen LogP contribution in [-0.2, 0) is 9.59 Å². The topological polar surface area (TPSA) is 69.6 Å². The van der Waals surface area contributed by atoms with Crippen molar-refractivity contribution in [3.63, 3.8) is 0 Å². The summed E-state index contributed by atoms with van der Waals surface area (Å²) < 4.78 is 0. The molecule has 2 rings (SSSR count). The fourth-order valence-electron chi connectivity index (χ4n) is 3.59. The highest BCUT2D eigenvalue weighted by Crippen LogP contribution is 2.33. The number of fused-ring (bicyclic) bond motifs is 2. The number of amides is 1. The molecule has 5 nitrogen and oxygen atoms in total. The van der Waals surface area contributed by atoms with Gasteiger partial charge < -0.3 is 15.3 Å². The summed E-state index contributed by atoms with van der Waals surface area (Å²) in [7, 11) is 0. The lowest BCUT2D eigenvalue weighted by Gasteiger charge is -2.32. The zero-order valence-corrected chi connectivity index (χ0v) is 12.5. The van der Waals surface area contributed by atoms with Gasteiger partial charge in [0.15, 0.2) is 0 Å². The Morgan fingerprint density at radius 3 is 2.35 bits per heavy atom. The van der Waals surface area contributed by atoms with Crippen LogP contribution in [0.3, 0.4) is 0 Å². The molecule has 2 aliphatic rings. The van der Waals surface area contributed by atoms with E-state index in [9.17, 15) is 9.59 Å². The summed E-state index contributed by atoms with van der Waals surface area (Å²) in [5.41, 5.74) is 0. The summed E-state index contributed by atoms with van der Waals surface area (Å²) in [5.74, 6) is -0.261. The minimum Gasteiger partial charge on any atom is -0.481 e. The molecular formula is C15H26N2O3. The van der Waals surface area contributed by atoms with E-state index in [1.54, 1.807) is 4.90 Å². The second-order valence-electron chi connectivity index (χ2n) is 6.50. The number of piperidine rings is 1. The Bertz CT molecular complexity index is 358. The summed E-state index contributed by atoms with van der Waals surface area (Å²) in [6, 6.07) is 1.26. The molecule has 0 saturated carbocycles. The third-order valence-corrected chi connectivity index (χ3v) is 4.54. The summed E-state index contributed by atoms with van der Waals surface area (Å²) in [5, 5.41) is 12.4. The first kappa shape index (κ1) is 15.3. The first-order chi connectivity index (χ1) is 9.45. The fourth-order valence-corrected chi connectivity index (χ4v) is 3.59. The Morgan fingerprint density at radius 1 is 1.25 bits per heavy atom. The van der Waals surface area contributed by atoms with Crippen molar-refractivity contribution < 1.29 is 14.7 Å². The molecule has 0 aliphatic carbocycles. The molecule has 0 aromatic heterocycles. The van der Waals surface area contributed by atoms with Gasteiger partial charge in [0.2, 0.25) is 5.91 Å². The zero-order chi connectivity index (χ0) is 14.7. The van der Waals surface area contributed by atoms with Crippen LogP contribution in [0.15, 0.2) is 0 Å². The first-order valence-corrected chi connectivity index (χ1v) is 7.73. The van der Waals surface area contributed by atoms with Crippen LogP contribution < -0.4 is 5.32 Å². The van der Waals surface area contributed by atoms with Crippen molar-refractivity contribution in [2.45, 2.75) is 70.5 Å².